The highest BCUT2D eigenvalue weighted by Crippen LogP contribution is 2.15. The zero-order valence-electron chi connectivity index (χ0n) is 7.41. The van der Waals surface area contributed by atoms with Gasteiger partial charge in [0.15, 0.2) is 0 Å². The molecule has 1 N–H and O–H groups in total. The third-order valence-electron chi connectivity index (χ3n) is 1.54. The summed E-state index contributed by atoms with van der Waals surface area (Å²) in [5, 5.41) is 9.01. The molecular formula is C9H10FNO2. The second kappa shape index (κ2) is 3.43. The maximum atomic E-state index is 12.7. The number of rotatable bonds is 1. The zero-order chi connectivity index (χ0) is 10.0. The molecule has 1 aromatic rings. The van der Waals surface area contributed by atoms with Crippen molar-refractivity contribution < 1.29 is 14.3 Å². The zero-order valence-corrected chi connectivity index (χ0v) is 7.41. The van der Waals surface area contributed by atoms with Crippen molar-refractivity contribution in [1.29, 1.82) is 0 Å². The lowest BCUT2D eigenvalue weighted by Gasteiger charge is -2.10. The molecule has 0 aliphatic heterocycles. The van der Waals surface area contributed by atoms with E-state index in [-0.39, 0.29) is 17.2 Å². The number of phenolic OH excluding ortho intramolecular Hbond substituents is 1. The lowest BCUT2D eigenvalue weighted by atomic mass is 10.2. The van der Waals surface area contributed by atoms with Gasteiger partial charge in [-0.25, -0.2) is 4.39 Å². The number of amides is 1. The Bertz CT molecular complexity index is 316. The van der Waals surface area contributed by atoms with Gasteiger partial charge in [-0.15, -0.1) is 0 Å². The van der Waals surface area contributed by atoms with E-state index < -0.39 is 5.82 Å². The molecule has 0 bridgehead atoms. The molecule has 13 heavy (non-hydrogen) atoms. The van der Waals surface area contributed by atoms with Crippen LogP contribution in [0.5, 0.6) is 5.75 Å². The number of hydrogen-bond acceptors (Lipinski definition) is 2. The summed E-state index contributed by atoms with van der Waals surface area (Å²) >= 11 is 0. The van der Waals surface area contributed by atoms with Crippen molar-refractivity contribution in [3.8, 4) is 5.75 Å². The molecule has 0 spiro atoms. The van der Waals surface area contributed by atoms with E-state index in [0.29, 0.717) is 0 Å². The normalized spacial score (nSPS) is 9.77. The Morgan fingerprint density at radius 2 is 2.00 bits per heavy atom. The lowest BCUT2D eigenvalue weighted by Crippen LogP contribution is -2.21. The number of carbonyl (C=O) groups is 1. The molecule has 3 nitrogen and oxygen atoms in total. The summed E-state index contributed by atoms with van der Waals surface area (Å²) in [6.07, 6.45) is 0. The number of phenols is 1. The third-order valence-corrected chi connectivity index (χ3v) is 1.54. The minimum absolute atomic E-state index is 0.141. The van der Waals surface area contributed by atoms with Crippen molar-refractivity contribution >= 4 is 5.91 Å². The molecule has 0 heterocycles. The highest BCUT2D eigenvalue weighted by atomic mass is 19.1. The van der Waals surface area contributed by atoms with E-state index in [0.717, 1.165) is 12.1 Å². The van der Waals surface area contributed by atoms with E-state index in [2.05, 4.69) is 0 Å². The first-order chi connectivity index (χ1) is 6.00. The van der Waals surface area contributed by atoms with Crippen LogP contribution in [-0.4, -0.2) is 30.0 Å². The maximum absolute atomic E-state index is 12.7. The molecule has 0 radical (unpaired) electrons. The average molecular weight is 183 g/mol. The monoisotopic (exact) mass is 183 g/mol. The van der Waals surface area contributed by atoms with Crippen molar-refractivity contribution in [2.45, 2.75) is 0 Å². The summed E-state index contributed by atoms with van der Waals surface area (Å²) in [5.41, 5.74) is 0.141. The molecule has 4 heteroatoms. The third kappa shape index (κ3) is 2.18. The molecule has 1 amide bonds. The summed E-state index contributed by atoms with van der Waals surface area (Å²) in [4.78, 5) is 12.6. The van der Waals surface area contributed by atoms with Gasteiger partial charge in [-0.05, 0) is 12.1 Å². The standard InChI is InChI=1S/C9H10FNO2/c1-11(2)9(13)6-3-7(10)5-8(12)4-6/h3-5,12H,1-2H3. The van der Waals surface area contributed by atoms with Crippen LogP contribution in [0.15, 0.2) is 18.2 Å². The molecule has 0 aliphatic carbocycles. The van der Waals surface area contributed by atoms with Gasteiger partial charge in [-0.1, -0.05) is 0 Å². The topological polar surface area (TPSA) is 40.5 Å². The van der Waals surface area contributed by atoms with Crippen LogP contribution < -0.4 is 0 Å². The minimum atomic E-state index is -0.620. The van der Waals surface area contributed by atoms with E-state index in [9.17, 15) is 9.18 Å². The highest BCUT2D eigenvalue weighted by molar-refractivity contribution is 5.94. The van der Waals surface area contributed by atoms with Gasteiger partial charge in [-0.2, -0.15) is 0 Å². The second-order valence-electron chi connectivity index (χ2n) is 2.90. The maximum Gasteiger partial charge on any atom is 0.253 e. The number of benzene rings is 1. The van der Waals surface area contributed by atoms with Gasteiger partial charge in [0, 0.05) is 25.7 Å². The number of carbonyl (C=O) groups excluding carboxylic acids is 1. The minimum Gasteiger partial charge on any atom is -0.508 e. The van der Waals surface area contributed by atoms with Gasteiger partial charge in [-0.3, -0.25) is 4.79 Å². The summed E-state index contributed by atoms with van der Waals surface area (Å²) in [6.45, 7) is 0. The highest BCUT2D eigenvalue weighted by Gasteiger charge is 2.09. The van der Waals surface area contributed by atoms with Crippen LogP contribution in [0.1, 0.15) is 10.4 Å². The molecule has 0 saturated heterocycles. The molecule has 1 aromatic carbocycles. The Morgan fingerprint density at radius 3 is 2.46 bits per heavy atom. The smallest absolute Gasteiger partial charge is 0.253 e. The molecule has 0 saturated carbocycles. The van der Waals surface area contributed by atoms with E-state index in [4.69, 9.17) is 5.11 Å². The van der Waals surface area contributed by atoms with Crippen LogP contribution in [0.4, 0.5) is 4.39 Å². The summed E-state index contributed by atoms with van der Waals surface area (Å²) < 4.78 is 12.7. The number of nitrogens with zero attached hydrogens (tertiary/aromatic N) is 1. The fourth-order valence-electron chi connectivity index (χ4n) is 0.956. The van der Waals surface area contributed by atoms with Gasteiger partial charge in [0.1, 0.15) is 11.6 Å². The molecule has 0 atom stereocenters. The molecule has 70 valence electrons. The Balaban J connectivity index is 3.08. The number of aromatic hydroxyl groups is 1. The first kappa shape index (κ1) is 9.51. The van der Waals surface area contributed by atoms with E-state index in [1.165, 1.54) is 11.0 Å². The largest absolute Gasteiger partial charge is 0.508 e. The summed E-state index contributed by atoms with van der Waals surface area (Å²) in [5.74, 6) is -1.20. The predicted octanol–water partition coefficient (Wildman–Crippen LogP) is 1.23. The predicted molar refractivity (Wildman–Crippen MR) is 46.1 cm³/mol. The van der Waals surface area contributed by atoms with Gasteiger partial charge in [0.05, 0.1) is 0 Å². The van der Waals surface area contributed by atoms with Crippen LogP contribution in [0, 0.1) is 5.82 Å². The van der Waals surface area contributed by atoms with Crippen LogP contribution in [-0.2, 0) is 0 Å². The van der Waals surface area contributed by atoms with Crippen molar-refractivity contribution in [3.63, 3.8) is 0 Å². The fourth-order valence-corrected chi connectivity index (χ4v) is 0.956. The Labute approximate surface area is 75.4 Å². The molecule has 0 aliphatic rings. The molecule has 1 rings (SSSR count). The fraction of sp³-hybridized carbons (Fsp3) is 0.222. The molecule has 0 fully saturated rings. The average Bonchev–Trinajstić information content (AvgIpc) is 2.01. The van der Waals surface area contributed by atoms with Gasteiger partial charge in [0.25, 0.3) is 5.91 Å². The summed E-state index contributed by atoms with van der Waals surface area (Å²) in [7, 11) is 3.12. The van der Waals surface area contributed by atoms with Crippen molar-refractivity contribution in [2.75, 3.05) is 14.1 Å². The van der Waals surface area contributed by atoms with Crippen LogP contribution in [0.3, 0.4) is 0 Å². The Kier molecular flexibility index (Phi) is 2.51. The van der Waals surface area contributed by atoms with E-state index in [1.807, 2.05) is 0 Å². The Morgan fingerprint density at radius 1 is 1.38 bits per heavy atom. The SMILES string of the molecule is CN(C)C(=O)c1cc(O)cc(F)c1. The van der Waals surface area contributed by atoms with Crippen LogP contribution in [0.2, 0.25) is 0 Å². The number of halogens is 1. The van der Waals surface area contributed by atoms with E-state index in [1.54, 1.807) is 14.1 Å². The molecule has 0 aromatic heterocycles. The first-order valence-electron chi connectivity index (χ1n) is 3.72. The second-order valence-corrected chi connectivity index (χ2v) is 2.90. The lowest BCUT2D eigenvalue weighted by molar-refractivity contribution is 0.0826. The first-order valence-corrected chi connectivity index (χ1v) is 3.72. The van der Waals surface area contributed by atoms with Crippen molar-refractivity contribution in [1.82, 2.24) is 4.90 Å². The quantitative estimate of drug-likeness (QED) is 0.711. The molecule has 0 unspecified atom stereocenters. The van der Waals surface area contributed by atoms with E-state index >= 15 is 0 Å². The summed E-state index contributed by atoms with van der Waals surface area (Å²) in [6, 6.07) is 3.26. The van der Waals surface area contributed by atoms with Gasteiger partial charge in [0.2, 0.25) is 0 Å². The van der Waals surface area contributed by atoms with Gasteiger partial charge < -0.3 is 10.0 Å². The van der Waals surface area contributed by atoms with Crippen LogP contribution in [0.25, 0.3) is 0 Å². The van der Waals surface area contributed by atoms with Crippen molar-refractivity contribution in [3.05, 3.63) is 29.6 Å². The Hall–Kier alpha value is -1.58. The number of hydrogen-bond donors (Lipinski definition) is 1. The molecular weight excluding hydrogens is 173 g/mol. The van der Waals surface area contributed by atoms with Crippen LogP contribution >= 0.6 is 0 Å². The van der Waals surface area contributed by atoms with Crippen molar-refractivity contribution in [2.24, 2.45) is 0 Å². The van der Waals surface area contributed by atoms with Gasteiger partial charge >= 0.3 is 0 Å².